The van der Waals surface area contributed by atoms with Crippen LogP contribution in [0.2, 0.25) is 10.0 Å². The first-order valence-electron chi connectivity index (χ1n) is 7.93. The van der Waals surface area contributed by atoms with Gasteiger partial charge in [-0.05, 0) is 44.5 Å². The summed E-state index contributed by atoms with van der Waals surface area (Å²) >= 11 is 13.5. The molecule has 0 unspecified atom stereocenters. The highest BCUT2D eigenvalue weighted by atomic mass is 35.5. The minimum absolute atomic E-state index is 0.0278. The monoisotopic (exact) mass is 398 g/mol. The normalized spacial score (nSPS) is 10.6. The minimum atomic E-state index is -0.296. The van der Waals surface area contributed by atoms with Gasteiger partial charge in [-0.3, -0.25) is 9.59 Å². The molecular formula is C18H20Cl2N2O2S. The predicted molar refractivity (Wildman–Crippen MR) is 105 cm³/mol. The van der Waals surface area contributed by atoms with Gasteiger partial charge in [0.1, 0.15) is 6.54 Å². The molecule has 2 rings (SSSR count). The van der Waals surface area contributed by atoms with Crippen LogP contribution in [0.5, 0.6) is 0 Å². The number of nitrogens with one attached hydrogen (secondary N) is 1. The van der Waals surface area contributed by atoms with Crippen LogP contribution in [-0.2, 0) is 4.79 Å². The molecule has 2 aromatic rings. The molecule has 1 heterocycles. The van der Waals surface area contributed by atoms with E-state index in [2.05, 4.69) is 5.32 Å². The molecule has 134 valence electrons. The van der Waals surface area contributed by atoms with Gasteiger partial charge < -0.3 is 10.2 Å². The number of carbonyl (C=O) groups excluding carboxylic acids is 2. The van der Waals surface area contributed by atoms with E-state index < -0.39 is 0 Å². The van der Waals surface area contributed by atoms with E-state index in [4.69, 9.17) is 23.2 Å². The summed E-state index contributed by atoms with van der Waals surface area (Å²) in [6, 6.07) is 6.72. The van der Waals surface area contributed by atoms with Crippen LogP contribution >= 0.6 is 34.5 Å². The van der Waals surface area contributed by atoms with Gasteiger partial charge in [0.15, 0.2) is 0 Å². The van der Waals surface area contributed by atoms with Crippen LogP contribution in [0.25, 0.3) is 0 Å². The molecule has 0 bridgehead atoms. The third-order valence-corrected chi connectivity index (χ3v) is 5.11. The standard InChI is InChI=1S/C18H20Cl2N2O2S/c1-4-7-22(18(24)14-8-11(2)25-12(14)3)10-17(23)21-16-6-5-13(19)9-15(16)20/h5-6,8-9H,4,7,10H2,1-3H3,(H,21,23). The number of hydrogen-bond acceptors (Lipinski definition) is 3. The predicted octanol–water partition coefficient (Wildman–Crippen LogP) is 5.16. The first-order chi connectivity index (χ1) is 11.8. The summed E-state index contributed by atoms with van der Waals surface area (Å²) in [5.41, 5.74) is 1.13. The zero-order chi connectivity index (χ0) is 18.6. The van der Waals surface area contributed by atoms with Crippen molar-refractivity contribution in [2.75, 3.05) is 18.4 Å². The number of anilines is 1. The van der Waals surface area contributed by atoms with Crippen LogP contribution in [0.4, 0.5) is 5.69 Å². The molecule has 0 spiro atoms. The van der Waals surface area contributed by atoms with Gasteiger partial charge >= 0.3 is 0 Å². The first kappa shape index (κ1) is 19.8. The van der Waals surface area contributed by atoms with Crippen molar-refractivity contribution in [3.63, 3.8) is 0 Å². The molecule has 0 atom stereocenters. The molecule has 1 N–H and O–H groups in total. The van der Waals surface area contributed by atoms with Crippen molar-refractivity contribution in [1.82, 2.24) is 4.90 Å². The van der Waals surface area contributed by atoms with Gasteiger partial charge in [-0.15, -0.1) is 11.3 Å². The molecule has 0 aliphatic rings. The number of rotatable bonds is 6. The minimum Gasteiger partial charge on any atom is -0.329 e. The molecule has 0 radical (unpaired) electrons. The molecule has 1 aromatic heterocycles. The van der Waals surface area contributed by atoms with Gasteiger partial charge in [-0.2, -0.15) is 0 Å². The van der Waals surface area contributed by atoms with Crippen LogP contribution in [-0.4, -0.2) is 29.8 Å². The van der Waals surface area contributed by atoms with Gasteiger partial charge in [0.05, 0.1) is 16.3 Å². The maximum Gasteiger partial charge on any atom is 0.255 e. The average Bonchev–Trinajstić information content (AvgIpc) is 2.87. The van der Waals surface area contributed by atoms with E-state index in [1.165, 1.54) is 0 Å². The van der Waals surface area contributed by atoms with E-state index in [1.54, 1.807) is 34.4 Å². The van der Waals surface area contributed by atoms with Crippen LogP contribution in [0.1, 0.15) is 33.5 Å². The van der Waals surface area contributed by atoms with E-state index in [-0.39, 0.29) is 18.4 Å². The lowest BCUT2D eigenvalue weighted by Crippen LogP contribution is -2.38. The molecule has 2 amide bonds. The van der Waals surface area contributed by atoms with Crippen molar-refractivity contribution in [3.05, 3.63) is 49.6 Å². The van der Waals surface area contributed by atoms with E-state index in [9.17, 15) is 9.59 Å². The van der Waals surface area contributed by atoms with Crippen LogP contribution in [0, 0.1) is 13.8 Å². The third kappa shape index (κ3) is 5.21. The number of amides is 2. The Morgan fingerprint density at radius 3 is 2.48 bits per heavy atom. The summed E-state index contributed by atoms with van der Waals surface area (Å²) in [6.07, 6.45) is 0.767. The molecule has 1 aromatic carbocycles. The van der Waals surface area contributed by atoms with Crippen molar-refractivity contribution in [1.29, 1.82) is 0 Å². The van der Waals surface area contributed by atoms with Crippen molar-refractivity contribution < 1.29 is 9.59 Å². The molecule has 0 aliphatic carbocycles. The number of benzene rings is 1. The molecule has 0 saturated heterocycles. The topological polar surface area (TPSA) is 49.4 Å². The number of halogens is 2. The van der Waals surface area contributed by atoms with Gasteiger partial charge in [0.2, 0.25) is 5.91 Å². The summed E-state index contributed by atoms with van der Waals surface area (Å²) in [6.45, 7) is 6.34. The lowest BCUT2D eigenvalue weighted by Gasteiger charge is -2.21. The van der Waals surface area contributed by atoms with Gasteiger partial charge in [0, 0.05) is 21.3 Å². The maximum atomic E-state index is 12.8. The van der Waals surface area contributed by atoms with E-state index in [0.29, 0.717) is 27.8 Å². The number of hydrogen-bond donors (Lipinski definition) is 1. The Balaban J connectivity index is 2.11. The Morgan fingerprint density at radius 1 is 1.20 bits per heavy atom. The third-order valence-electron chi connectivity index (χ3n) is 3.59. The highest BCUT2D eigenvalue weighted by Gasteiger charge is 2.21. The number of carbonyl (C=O) groups is 2. The Labute approximate surface area is 161 Å². The summed E-state index contributed by atoms with van der Waals surface area (Å²) in [4.78, 5) is 28.7. The molecule has 0 aliphatic heterocycles. The quantitative estimate of drug-likeness (QED) is 0.729. The van der Waals surface area contributed by atoms with Crippen molar-refractivity contribution in [2.24, 2.45) is 0 Å². The number of thiophene rings is 1. The van der Waals surface area contributed by atoms with Crippen LogP contribution in [0.3, 0.4) is 0 Å². The molecule has 4 nitrogen and oxygen atoms in total. The summed E-state index contributed by atoms with van der Waals surface area (Å²) in [7, 11) is 0. The largest absolute Gasteiger partial charge is 0.329 e. The fourth-order valence-corrected chi connectivity index (χ4v) is 3.86. The molecule has 0 fully saturated rings. The number of nitrogens with zero attached hydrogens (tertiary/aromatic N) is 1. The first-order valence-corrected chi connectivity index (χ1v) is 9.50. The van der Waals surface area contributed by atoms with Gasteiger partial charge in [-0.1, -0.05) is 30.1 Å². The summed E-state index contributed by atoms with van der Waals surface area (Å²) in [5, 5.41) is 3.59. The van der Waals surface area contributed by atoms with E-state index in [1.807, 2.05) is 26.8 Å². The molecule has 25 heavy (non-hydrogen) atoms. The maximum absolute atomic E-state index is 12.8. The van der Waals surface area contributed by atoms with Crippen LogP contribution < -0.4 is 5.32 Å². The Bertz CT molecular complexity index is 789. The molecule has 7 heteroatoms. The van der Waals surface area contributed by atoms with Gasteiger partial charge in [0.25, 0.3) is 5.91 Å². The van der Waals surface area contributed by atoms with Crippen LogP contribution in [0.15, 0.2) is 24.3 Å². The number of aryl methyl sites for hydroxylation is 2. The van der Waals surface area contributed by atoms with Crippen molar-refractivity contribution in [3.8, 4) is 0 Å². The average molecular weight is 399 g/mol. The van der Waals surface area contributed by atoms with Gasteiger partial charge in [-0.25, -0.2) is 0 Å². The summed E-state index contributed by atoms with van der Waals surface area (Å²) < 4.78 is 0. The second-order valence-electron chi connectivity index (χ2n) is 5.73. The molecule has 0 saturated carbocycles. The highest BCUT2D eigenvalue weighted by molar-refractivity contribution is 7.12. The van der Waals surface area contributed by atoms with E-state index >= 15 is 0 Å². The zero-order valence-electron chi connectivity index (χ0n) is 14.4. The second kappa shape index (κ2) is 8.70. The summed E-state index contributed by atoms with van der Waals surface area (Å²) in [5.74, 6) is -0.420. The molecular weight excluding hydrogens is 379 g/mol. The Morgan fingerprint density at radius 2 is 1.92 bits per heavy atom. The smallest absolute Gasteiger partial charge is 0.255 e. The van der Waals surface area contributed by atoms with E-state index in [0.717, 1.165) is 16.2 Å². The van der Waals surface area contributed by atoms with Crippen molar-refractivity contribution in [2.45, 2.75) is 27.2 Å². The second-order valence-corrected chi connectivity index (χ2v) is 8.03. The SMILES string of the molecule is CCCN(CC(=O)Nc1ccc(Cl)cc1Cl)C(=O)c1cc(C)sc1C. The fraction of sp³-hybridized carbons (Fsp3) is 0.333. The lowest BCUT2D eigenvalue weighted by molar-refractivity contribution is -0.116. The fourth-order valence-electron chi connectivity index (χ4n) is 2.49. The Hall–Kier alpha value is -1.56. The Kier molecular flexibility index (Phi) is 6.87. The highest BCUT2D eigenvalue weighted by Crippen LogP contribution is 2.25. The van der Waals surface area contributed by atoms with Crippen molar-refractivity contribution >= 4 is 52.0 Å². The lowest BCUT2D eigenvalue weighted by atomic mass is 10.2. The zero-order valence-corrected chi connectivity index (χ0v) is 16.7.